The van der Waals surface area contributed by atoms with Crippen LogP contribution in [0, 0.1) is 0 Å². The van der Waals surface area contributed by atoms with E-state index >= 15 is 0 Å². The smallest absolute Gasteiger partial charge is 0.481 e. The number of rotatable bonds is 7. The monoisotopic (exact) mass is 300 g/mol. The Morgan fingerprint density at radius 1 is 1.16 bits per heavy atom. The number of carbonyl (C=O) groups excluding carboxylic acids is 1. The fourth-order valence-electron chi connectivity index (χ4n) is 1.29. The predicted molar refractivity (Wildman–Crippen MR) is 67.6 cm³/mol. The first-order valence-electron chi connectivity index (χ1n) is 5.24. The summed E-state index contributed by atoms with van der Waals surface area (Å²) in [5.41, 5.74) is 0. The van der Waals surface area contributed by atoms with Gasteiger partial charge in [0, 0.05) is 12.2 Å². The van der Waals surface area contributed by atoms with Gasteiger partial charge in [0.2, 0.25) is 0 Å². The molecule has 2 N–H and O–H groups in total. The molecule has 0 aliphatic rings. The van der Waals surface area contributed by atoms with Crippen molar-refractivity contribution in [3.8, 4) is 0 Å². The maximum absolute atomic E-state index is 11.3. The first kappa shape index (κ1) is 20.7. The van der Waals surface area contributed by atoms with Crippen molar-refractivity contribution in [3.63, 3.8) is 0 Å². The first-order valence-corrected chi connectivity index (χ1v) is 5.24. The van der Waals surface area contributed by atoms with E-state index in [1.165, 1.54) is 0 Å². The molecule has 0 aliphatic carbocycles. The van der Waals surface area contributed by atoms with Crippen LogP contribution < -0.4 is 0 Å². The molecule has 0 rings (SSSR count). The van der Waals surface area contributed by atoms with Crippen LogP contribution in [-0.4, -0.2) is 104 Å². The topological polar surface area (TPSA) is 101 Å². The molecule has 0 saturated carbocycles. The van der Waals surface area contributed by atoms with Crippen LogP contribution in [0.3, 0.4) is 0 Å². The summed E-state index contributed by atoms with van der Waals surface area (Å²) >= 11 is 0. The quantitative estimate of drug-likeness (QED) is 0.280. The summed E-state index contributed by atoms with van der Waals surface area (Å²) in [6, 6.07) is 0. The number of likely N-dealkylation sites (N-methyl/N-ethyl adjacent to an activating group) is 1. The predicted octanol–water partition coefficient (Wildman–Crippen LogP) is -0.661. The Hall–Kier alpha value is -0.630. The van der Waals surface area contributed by atoms with Gasteiger partial charge in [-0.15, -0.1) is 0 Å². The molecule has 8 heteroatoms. The number of quaternary nitrogens is 1. The van der Waals surface area contributed by atoms with E-state index < -0.39 is 24.0 Å². The third-order valence-corrected chi connectivity index (χ3v) is 1.80. The van der Waals surface area contributed by atoms with E-state index in [1.54, 1.807) is 0 Å². The van der Waals surface area contributed by atoms with Crippen LogP contribution in [0.15, 0.2) is 12.2 Å². The minimum Gasteiger partial charge on any atom is -0.481 e. The molecule has 0 aromatic heterocycles. The van der Waals surface area contributed by atoms with Crippen molar-refractivity contribution in [1.82, 2.24) is 0 Å². The molecule has 19 heavy (non-hydrogen) atoms. The molecule has 102 valence electrons. The van der Waals surface area contributed by atoms with Gasteiger partial charge < -0.3 is 19.4 Å². The van der Waals surface area contributed by atoms with Crippen LogP contribution in [0.5, 0.6) is 0 Å². The van der Waals surface area contributed by atoms with Gasteiger partial charge in [-0.25, -0.2) is 9.59 Å². The molecular formula is C11H18CaNO6+3. The molecular weight excluding hydrogens is 282 g/mol. The Bertz CT molecular complexity index is 361. The summed E-state index contributed by atoms with van der Waals surface area (Å²) < 4.78 is 5.33. The Kier molecular flexibility index (Phi) is 10.1. The molecule has 1 atom stereocenters. The number of hydrogen-bond acceptors (Lipinski definition) is 4. The van der Waals surface area contributed by atoms with E-state index in [4.69, 9.17) is 14.9 Å². The number of nitrogens with zero attached hydrogens (tertiary/aromatic N) is 1. The maximum atomic E-state index is 11.3. The van der Waals surface area contributed by atoms with Crippen molar-refractivity contribution in [2.45, 2.75) is 12.5 Å². The van der Waals surface area contributed by atoms with Gasteiger partial charge in [0.1, 0.15) is 6.54 Å². The number of aliphatic carboxylic acids is 2. The number of carboxylic acid groups (broad SMARTS) is 2. The van der Waals surface area contributed by atoms with Gasteiger partial charge in [0.05, 0.1) is 27.6 Å². The molecule has 0 saturated heterocycles. The van der Waals surface area contributed by atoms with Gasteiger partial charge in [0.25, 0.3) is 0 Å². The zero-order chi connectivity index (χ0) is 14.3. The third-order valence-electron chi connectivity index (χ3n) is 1.80. The van der Waals surface area contributed by atoms with Gasteiger partial charge in [0.15, 0.2) is 6.10 Å². The summed E-state index contributed by atoms with van der Waals surface area (Å²) in [5.74, 6) is -3.21. The van der Waals surface area contributed by atoms with E-state index in [0.29, 0.717) is 17.1 Å². The van der Waals surface area contributed by atoms with Crippen molar-refractivity contribution in [2.24, 2.45) is 0 Å². The first-order chi connectivity index (χ1) is 8.10. The van der Waals surface area contributed by atoms with Crippen LogP contribution in [0.2, 0.25) is 0 Å². The van der Waals surface area contributed by atoms with Gasteiger partial charge in [-0.2, -0.15) is 0 Å². The molecule has 0 bridgehead atoms. The normalized spacial score (nSPS) is 12.6. The zero-order valence-corrected chi connectivity index (χ0v) is 13.5. The van der Waals surface area contributed by atoms with Crippen LogP contribution >= 0.6 is 0 Å². The molecule has 0 fully saturated rings. The molecule has 0 unspecified atom stereocenters. The number of carbonyl (C=O) groups is 3. The van der Waals surface area contributed by atoms with Crippen molar-refractivity contribution in [2.75, 3.05) is 27.7 Å². The minimum absolute atomic E-state index is 0. The second-order valence-corrected chi connectivity index (χ2v) is 4.80. The van der Waals surface area contributed by atoms with Crippen LogP contribution in [0.25, 0.3) is 0 Å². The molecule has 0 heterocycles. The zero-order valence-electron chi connectivity index (χ0n) is 11.3. The number of carboxylic acids is 2. The Morgan fingerprint density at radius 3 is 2.05 bits per heavy atom. The molecule has 0 aromatic carbocycles. The second kappa shape index (κ2) is 9.30. The molecule has 0 spiro atoms. The second-order valence-electron chi connectivity index (χ2n) is 4.80. The summed E-state index contributed by atoms with van der Waals surface area (Å²) in [4.78, 5) is 32.1. The maximum Gasteiger partial charge on any atom is 2.00 e. The third kappa shape index (κ3) is 13.6. The van der Waals surface area contributed by atoms with E-state index in [0.717, 1.165) is 6.08 Å². The van der Waals surface area contributed by atoms with E-state index in [-0.39, 0.29) is 44.2 Å². The summed E-state index contributed by atoms with van der Waals surface area (Å²) in [7, 11) is 5.49. The van der Waals surface area contributed by atoms with Crippen molar-refractivity contribution < 1.29 is 33.8 Å². The molecule has 0 amide bonds. The van der Waals surface area contributed by atoms with Crippen LogP contribution in [0.4, 0.5) is 0 Å². The largest absolute Gasteiger partial charge is 2.00 e. The van der Waals surface area contributed by atoms with E-state index in [1.807, 2.05) is 21.1 Å². The minimum atomic E-state index is -1.27. The molecule has 7 nitrogen and oxygen atoms in total. The van der Waals surface area contributed by atoms with E-state index in [9.17, 15) is 14.4 Å². The van der Waals surface area contributed by atoms with Crippen molar-refractivity contribution in [1.29, 1.82) is 0 Å². The van der Waals surface area contributed by atoms with Gasteiger partial charge >= 0.3 is 55.6 Å². The molecule has 0 radical (unpaired) electrons. The Labute approximate surface area is 141 Å². The number of esters is 1. The van der Waals surface area contributed by atoms with E-state index in [2.05, 4.69) is 0 Å². The van der Waals surface area contributed by atoms with Gasteiger partial charge in [-0.1, -0.05) is 0 Å². The standard InChI is InChI=1S/C11H17NO6.Ca/c1-12(2,3)7-8(6-10(15)16)18-11(17)5-4-9(13)14;/h4-5,8H,6-7H2,1-3H3,(H-,13,14,15,16);/q;+2/p+1/b5-4+;/t8-;/m1./s1. The van der Waals surface area contributed by atoms with Crippen molar-refractivity contribution >= 4 is 55.6 Å². The summed E-state index contributed by atoms with van der Waals surface area (Å²) in [5, 5.41) is 17.0. The Balaban J connectivity index is 0. The Morgan fingerprint density at radius 2 is 1.68 bits per heavy atom. The van der Waals surface area contributed by atoms with Gasteiger partial charge in [-0.05, 0) is 0 Å². The van der Waals surface area contributed by atoms with Crippen LogP contribution in [0.1, 0.15) is 6.42 Å². The molecule has 0 aliphatic heterocycles. The summed E-state index contributed by atoms with van der Waals surface area (Å²) in [6.45, 7) is 0.318. The fourth-order valence-corrected chi connectivity index (χ4v) is 1.29. The fraction of sp³-hybridized carbons (Fsp3) is 0.545. The average Bonchev–Trinajstić information content (AvgIpc) is 2.10. The summed E-state index contributed by atoms with van der Waals surface area (Å²) in [6.07, 6.45) is 0.287. The average molecular weight is 300 g/mol. The number of ether oxygens (including phenoxy) is 1. The van der Waals surface area contributed by atoms with Crippen LogP contribution in [-0.2, 0) is 19.1 Å². The SMILES string of the molecule is C[N+](C)(C)C[C@@H](CC(=O)O)OC(=O)/C=C/C(=O)O.[Ca+2]. The van der Waals surface area contributed by atoms with Crippen molar-refractivity contribution in [3.05, 3.63) is 12.2 Å². The van der Waals surface area contributed by atoms with Gasteiger partial charge in [-0.3, -0.25) is 4.79 Å². The molecule has 0 aromatic rings. The number of hydrogen-bond donors (Lipinski definition) is 2.